The molecule has 2 aromatic carbocycles. The Balaban J connectivity index is 1.69. The molecule has 0 aromatic heterocycles. The lowest BCUT2D eigenvalue weighted by molar-refractivity contribution is 0.0696. The van der Waals surface area contributed by atoms with Crippen molar-refractivity contribution in [3.05, 3.63) is 64.7 Å². The van der Waals surface area contributed by atoms with Gasteiger partial charge in [0.25, 0.3) is 5.91 Å². The van der Waals surface area contributed by atoms with Crippen LogP contribution >= 0.6 is 11.8 Å². The third-order valence-corrected chi connectivity index (χ3v) is 5.41. The Morgan fingerprint density at radius 1 is 1.08 bits per heavy atom. The predicted molar refractivity (Wildman–Crippen MR) is 105 cm³/mol. The Labute approximate surface area is 157 Å². The van der Waals surface area contributed by atoms with E-state index in [-0.39, 0.29) is 11.5 Å². The van der Waals surface area contributed by atoms with Crippen molar-refractivity contribution in [3.63, 3.8) is 0 Å². The molecule has 0 saturated carbocycles. The molecule has 1 amide bonds. The average Bonchev–Trinajstić information content (AvgIpc) is 2.68. The van der Waals surface area contributed by atoms with Gasteiger partial charge in [-0.1, -0.05) is 18.2 Å². The number of anilines is 1. The Kier molecular flexibility index (Phi) is 5.83. The maximum Gasteiger partial charge on any atom is 0.335 e. The van der Waals surface area contributed by atoms with Crippen molar-refractivity contribution in [1.82, 2.24) is 4.90 Å². The van der Waals surface area contributed by atoms with Crippen LogP contribution in [0, 0.1) is 6.92 Å². The third-order valence-electron chi connectivity index (χ3n) is 4.47. The lowest BCUT2D eigenvalue weighted by Gasteiger charge is -2.26. The summed E-state index contributed by atoms with van der Waals surface area (Å²) in [6.45, 7) is 4.17. The minimum atomic E-state index is -0.928. The number of carbonyl (C=O) groups excluding carboxylic acids is 1. The van der Waals surface area contributed by atoms with Crippen LogP contribution in [0.4, 0.5) is 5.69 Å². The maximum absolute atomic E-state index is 12.7. The molecule has 1 aliphatic rings. The number of benzene rings is 2. The fraction of sp³-hybridized carbons (Fsp3) is 0.300. The molecule has 2 N–H and O–H groups in total. The first-order valence-electron chi connectivity index (χ1n) is 8.58. The van der Waals surface area contributed by atoms with Gasteiger partial charge in [-0.3, -0.25) is 4.79 Å². The SMILES string of the molecule is Cc1ccc(C(=O)N2CCSCC2)cc1NCc1ccc(C(=O)O)cc1. The van der Waals surface area contributed by atoms with Gasteiger partial charge in [0.05, 0.1) is 5.56 Å². The van der Waals surface area contributed by atoms with Gasteiger partial charge in [0.15, 0.2) is 0 Å². The van der Waals surface area contributed by atoms with E-state index in [4.69, 9.17) is 5.11 Å². The van der Waals surface area contributed by atoms with Gasteiger partial charge < -0.3 is 15.3 Å². The van der Waals surface area contributed by atoms with Crippen LogP contribution in [-0.2, 0) is 6.54 Å². The van der Waals surface area contributed by atoms with Crippen LogP contribution in [0.5, 0.6) is 0 Å². The number of hydrogen-bond acceptors (Lipinski definition) is 4. The standard InChI is InChI=1S/C20H22N2O3S/c1-14-2-5-17(19(23)22-8-10-26-11-9-22)12-18(14)21-13-15-3-6-16(7-4-15)20(24)25/h2-7,12,21H,8-11,13H2,1H3,(H,24,25). The van der Waals surface area contributed by atoms with E-state index in [1.54, 1.807) is 24.3 Å². The monoisotopic (exact) mass is 370 g/mol. The number of rotatable bonds is 5. The number of nitrogens with one attached hydrogen (secondary N) is 1. The van der Waals surface area contributed by atoms with Crippen LogP contribution in [0.1, 0.15) is 31.8 Å². The number of aromatic carboxylic acids is 1. The Morgan fingerprint density at radius 2 is 1.73 bits per heavy atom. The number of nitrogens with zero attached hydrogens (tertiary/aromatic N) is 1. The third kappa shape index (κ3) is 4.38. The highest BCUT2D eigenvalue weighted by molar-refractivity contribution is 7.99. The smallest absolute Gasteiger partial charge is 0.335 e. The number of aryl methyl sites for hydroxylation is 1. The van der Waals surface area contributed by atoms with E-state index in [2.05, 4.69) is 5.32 Å². The molecule has 0 unspecified atom stereocenters. The summed E-state index contributed by atoms with van der Waals surface area (Å²) in [5.41, 5.74) is 3.95. The summed E-state index contributed by atoms with van der Waals surface area (Å²) in [4.78, 5) is 25.5. The van der Waals surface area contributed by atoms with Crippen molar-refractivity contribution in [2.45, 2.75) is 13.5 Å². The van der Waals surface area contributed by atoms with Crippen molar-refractivity contribution in [3.8, 4) is 0 Å². The van der Waals surface area contributed by atoms with Crippen molar-refractivity contribution in [2.24, 2.45) is 0 Å². The molecule has 0 spiro atoms. The Morgan fingerprint density at radius 3 is 2.38 bits per heavy atom. The average molecular weight is 370 g/mol. The first kappa shape index (κ1) is 18.3. The zero-order valence-corrected chi connectivity index (χ0v) is 15.5. The van der Waals surface area contributed by atoms with Crippen molar-refractivity contribution < 1.29 is 14.7 Å². The molecule has 1 saturated heterocycles. The Hall–Kier alpha value is -2.47. The fourth-order valence-corrected chi connectivity index (χ4v) is 3.76. The fourth-order valence-electron chi connectivity index (χ4n) is 2.86. The van der Waals surface area contributed by atoms with Crippen LogP contribution < -0.4 is 5.32 Å². The summed E-state index contributed by atoms with van der Waals surface area (Å²) in [5.74, 6) is 1.14. The van der Waals surface area contributed by atoms with Gasteiger partial charge in [0, 0.05) is 42.4 Å². The molecule has 1 heterocycles. The molecule has 136 valence electrons. The first-order chi connectivity index (χ1) is 12.5. The van der Waals surface area contributed by atoms with Crippen LogP contribution in [-0.4, -0.2) is 46.5 Å². The van der Waals surface area contributed by atoms with Gasteiger partial charge >= 0.3 is 5.97 Å². The normalized spacial score (nSPS) is 14.1. The highest BCUT2D eigenvalue weighted by Crippen LogP contribution is 2.20. The number of thioether (sulfide) groups is 1. The summed E-state index contributed by atoms with van der Waals surface area (Å²) in [6, 6.07) is 12.5. The van der Waals surface area contributed by atoms with Gasteiger partial charge in [-0.15, -0.1) is 0 Å². The number of amides is 1. The van der Waals surface area contributed by atoms with E-state index in [1.165, 1.54) is 0 Å². The number of carboxylic acid groups (broad SMARTS) is 1. The minimum absolute atomic E-state index is 0.0826. The molecule has 0 atom stereocenters. The lowest BCUT2D eigenvalue weighted by atomic mass is 10.1. The molecule has 3 rings (SSSR count). The lowest BCUT2D eigenvalue weighted by Crippen LogP contribution is -2.37. The van der Waals surface area contributed by atoms with Crippen LogP contribution in [0.2, 0.25) is 0 Å². The minimum Gasteiger partial charge on any atom is -0.478 e. The molecule has 0 bridgehead atoms. The van der Waals surface area contributed by atoms with Crippen molar-refractivity contribution in [1.29, 1.82) is 0 Å². The zero-order chi connectivity index (χ0) is 18.5. The summed E-state index contributed by atoms with van der Waals surface area (Å²) in [5, 5.41) is 12.3. The van der Waals surface area contributed by atoms with Crippen LogP contribution in [0.15, 0.2) is 42.5 Å². The van der Waals surface area contributed by atoms with E-state index in [0.717, 1.165) is 41.4 Å². The van der Waals surface area contributed by atoms with Crippen molar-refractivity contribution in [2.75, 3.05) is 29.9 Å². The zero-order valence-electron chi connectivity index (χ0n) is 14.7. The summed E-state index contributed by atoms with van der Waals surface area (Å²) < 4.78 is 0. The van der Waals surface area contributed by atoms with Gasteiger partial charge in [-0.25, -0.2) is 4.79 Å². The predicted octanol–water partition coefficient (Wildman–Crippen LogP) is 3.49. The second kappa shape index (κ2) is 8.27. The van der Waals surface area contributed by atoms with Gasteiger partial charge in [-0.05, 0) is 42.3 Å². The molecule has 26 heavy (non-hydrogen) atoms. The van der Waals surface area contributed by atoms with Gasteiger partial charge in [0.1, 0.15) is 0 Å². The van der Waals surface area contributed by atoms with E-state index in [9.17, 15) is 9.59 Å². The van der Waals surface area contributed by atoms with Crippen LogP contribution in [0.3, 0.4) is 0 Å². The molecule has 1 fully saturated rings. The molecular weight excluding hydrogens is 348 g/mol. The molecule has 1 aliphatic heterocycles. The van der Waals surface area contributed by atoms with Gasteiger partial charge in [0.2, 0.25) is 0 Å². The molecule has 0 radical (unpaired) electrons. The van der Waals surface area contributed by atoms with E-state index < -0.39 is 5.97 Å². The second-order valence-corrected chi connectivity index (χ2v) is 7.51. The highest BCUT2D eigenvalue weighted by atomic mass is 32.2. The summed E-state index contributed by atoms with van der Waals surface area (Å²) in [6.07, 6.45) is 0. The van der Waals surface area contributed by atoms with E-state index in [1.807, 2.05) is 41.8 Å². The molecule has 5 nitrogen and oxygen atoms in total. The largest absolute Gasteiger partial charge is 0.478 e. The van der Waals surface area contributed by atoms with Crippen LogP contribution in [0.25, 0.3) is 0 Å². The van der Waals surface area contributed by atoms with E-state index >= 15 is 0 Å². The van der Waals surface area contributed by atoms with Crippen molar-refractivity contribution >= 4 is 29.3 Å². The molecule has 2 aromatic rings. The van der Waals surface area contributed by atoms with E-state index in [0.29, 0.717) is 12.1 Å². The topological polar surface area (TPSA) is 69.6 Å². The molecule has 6 heteroatoms. The second-order valence-electron chi connectivity index (χ2n) is 6.29. The Bertz CT molecular complexity index is 799. The highest BCUT2D eigenvalue weighted by Gasteiger charge is 2.19. The summed E-state index contributed by atoms with van der Waals surface area (Å²) in [7, 11) is 0. The molecule has 0 aliphatic carbocycles. The summed E-state index contributed by atoms with van der Waals surface area (Å²) >= 11 is 1.88. The maximum atomic E-state index is 12.7. The quantitative estimate of drug-likeness (QED) is 0.843. The first-order valence-corrected chi connectivity index (χ1v) is 9.74. The number of hydrogen-bond donors (Lipinski definition) is 2. The number of carboxylic acids is 1. The van der Waals surface area contributed by atoms with Gasteiger partial charge in [-0.2, -0.15) is 11.8 Å². The number of carbonyl (C=O) groups is 2. The molecular formula is C20H22N2O3S.